The Morgan fingerprint density at radius 1 is 0.613 bits per heavy atom. The van der Waals surface area contributed by atoms with Gasteiger partial charge in [0, 0.05) is 0 Å². The van der Waals surface area contributed by atoms with E-state index in [9.17, 15) is 0 Å². The predicted molar refractivity (Wildman–Crippen MR) is 128 cm³/mol. The Hall–Kier alpha value is -4.18. The van der Waals surface area contributed by atoms with Crippen molar-refractivity contribution >= 4 is 23.0 Å². The van der Waals surface area contributed by atoms with Crippen molar-refractivity contribution in [2.45, 2.75) is 6.92 Å². The van der Waals surface area contributed by atoms with Gasteiger partial charge in [0.1, 0.15) is 23.0 Å². The molecule has 0 aliphatic carbocycles. The molecule has 4 aromatic rings. The maximum Gasteiger partial charge on any atom is 0.150 e. The molecule has 0 fully saturated rings. The number of anilines is 2. The highest BCUT2D eigenvalue weighted by molar-refractivity contribution is 5.80. The molecule has 0 saturated carbocycles. The molecule has 0 aliphatic rings. The van der Waals surface area contributed by atoms with Gasteiger partial charge in [-0.1, -0.05) is 54.6 Å². The van der Waals surface area contributed by atoms with Gasteiger partial charge in [-0.05, 0) is 72.2 Å². The highest BCUT2D eigenvalue weighted by atomic mass is 16.5. The molecule has 4 N–H and O–H groups in total. The fourth-order valence-electron chi connectivity index (χ4n) is 3.15. The lowest BCUT2D eigenvalue weighted by atomic mass is 10.0. The molecule has 0 aliphatic heterocycles. The molecule has 4 nitrogen and oxygen atoms in total. The van der Waals surface area contributed by atoms with Crippen LogP contribution < -0.4 is 20.9 Å². The average Bonchev–Trinajstić information content (AvgIpc) is 2.79. The summed E-state index contributed by atoms with van der Waals surface area (Å²) in [6.45, 7) is 2.08. The first-order valence-electron chi connectivity index (χ1n) is 10.0. The number of allylic oxidation sites excluding steroid dienone is 1. The summed E-state index contributed by atoms with van der Waals surface area (Å²) >= 11 is 0. The summed E-state index contributed by atoms with van der Waals surface area (Å²) in [6.07, 6.45) is 2.13. The normalized spacial score (nSPS) is 11.2. The Morgan fingerprint density at radius 2 is 1.06 bits per heavy atom. The Balaban J connectivity index is 1.44. The number of ether oxygens (including phenoxy) is 2. The number of rotatable bonds is 6. The first-order chi connectivity index (χ1) is 15.1. The zero-order valence-electron chi connectivity index (χ0n) is 17.3. The van der Waals surface area contributed by atoms with Crippen LogP contribution in [0.25, 0.3) is 11.6 Å². The van der Waals surface area contributed by atoms with E-state index in [1.165, 1.54) is 0 Å². The molecule has 0 unspecified atom stereocenters. The van der Waals surface area contributed by atoms with Crippen LogP contribution in [0.5, 0.6) is 23.0 Å². The Kier molecular flexibility index (Phi) is 5.90. The molecule has 31 heavy (non-hydrogen) atoms. The Labute approximate surface area is 182 Å². The minimum absolute atomic E-state index is 0.615. The van der Waals surface area contributed by atoms with E-state index in [1.807, 2.05) is 97.1 Å². The Bertz CT molecular complexity index is 1200. The molecular formula is C27H24N2O2. The zero-order chi connectivity index (χ0) is 21.6. The van der Waals surface area contributed by atoms with Crippen molar-refractivity contribution < 1.29 is 9.47 Å². The summed E-state index contributed by atoms with van der Waals surface area (Å²) < 4.78 is 11.7. The molecule has 154 valence electrons. The van der Waals surface area contributed by atoms with E-state index < -0.39 is 0 Å². The molecule has 0 heterocycles. The minimum atomic E-state index is 0.615. The van der Waals surface area contributed by atoms with Crippen LogP contribution in [0.3, 0.4) is 0 Å². The molecule has 0 spiro atoms. The van der Waals surface area contributed by atoms with Gasteiger partial charge < -0.3 is 20.9 Å². The lowest BCUT2D eigenvalue weighted by molar-refractivity contribution is 0.485. The SMILES string of the molecule is CC(=Cc1ccc(Oc2ccccc2N)cc1)c1ccc(Oc2ccccc2N)cc1. The van der Waals surface area contributed by atoms with Crippen molar-refractivity contribution in [3.8, 4) is 23.0 Å². The van der Waals surface area contributed by atoms with Crippen molar-refractivity contribution in [2.75, 3.05) is 11.5 Å². The van der Waals surface area contributed by atoms with E-state index in [0.29, 0.717) is 22.9 Å². The van der Waals surface area contributed by atoms with Crippen molar-refractivity contribution in [2.24, 2.45) is 0 Å². The summed E-state index contributed by atoms with van der Waals surface area (Å²) in [5.41, 5.74) is 16.5. The summed E-state index contributed by atoms with van der Waals surface area (Å²) in [5, 5.41) is 0. The molecule has 0 radical (unpaired) electrons. The van der Waals surface area contributed by atoms with Gasteiger partial charge in [-0.15, -0.1) is 0 Å². The van der Waals surface area contributed by atoms with Crippen LogP contribution in [0.2, 0.25) is 0 Å². The number of hydrogen-bond donors (Lipinski definition) is 2. The second-order valence-electron chi connectivity index (χ2n) is 7.20. The second kappa shape index (κ2) is 9.09. The van der Waals surface area contributed by atoms with Crippen LogP contribution >= 0.6 is 0 Å². The van der Waals surface area contributed by atoms with Gasteiger partial charge in [-0.2, -0.15) is 0 Å². The first-order valence-corrected chi connectivity index (χ1v) is 10.0. The van der Waals surface area contributed by atoms with Crippen LogP contribution in [0, 0.1) is 0 Å². The number of nitrogens with two attached hydrogens (primary N) is 2. The third-order valence-corrected chi connectivity index (χ3v) is 4.87. The lowest BCUT2D eigenvalue weighted by Gasteiger charge is -2.10. The fourth-order valence-corrected chi connectivity index (χ4v) is 3.15. The third-order valence-electron chi connectivity index (χ3n) is 4.87. The van der Waals surface area contributed by atoms with Gasteiger partial charge in [0.2, 0.25) is 0 Å². The summed E-state index contributed by atoms with van der Waals surface area (Å²) in [5.74, 6) is 2.80. The van der Waals surface area contributed by atoms with E-state index in [1.54, 1.807) is 0 Å². The predicted octanol–water partition coefficient (Wildman–Crippen LogP) is 7.00. The van der Waals surface area contributed by atoms with Gasteiger partial charge in [0.25, 0.3) is 0 Å². The van der Waals surface area contributed by atoms with Crippen LogP contribution in [0.4, 0.5) is 11.4 Å². The highest BCUT2D eigenvalue weighted by Gasteiger charge is 2.04. The molecule has 0 bridgehead atoms. The van der Waals surface area contributed by atoms with E-state index in [4.69, 9.17) is 20.9 Å². The first kappa shape index (κ1) is 20.1. The molecule has 4 heteroatoms. The van der Waals surface area contributed by atoms with E-state index in [-0.39, 0.29) is 0 Å². The van der Waals surface area contributed by atoms with E-state index >= 15 is 0 Å². The van der Waals surface area contributed by atoms with Gasteiger partial charge in [0.15, 0.2) is 0 Å². The van der Waals surface area contributed by atoms with Crippen LogP contribution in [-0.4, -0.2) is 0 Å². The van der Waals surface area contributed by atoms with Crippen molar-refractivity contribution in [1.29, 1.82) is 0 Å². The quantitative estimate of drug-likeness (QED) is 0.266. The summed E-state index contributed by atoms with van der Waals surface area (Å²) in [7, 11) is 0. The van der Waals surface area contributed by atoms with Gasteiger partial charge in [-0.3, -0.25) is 0 Å². The van der Waals surface area contributed by atoms with Crippen molar-refractivity contribution in [1.82, 2.24) is 0 Å². The fraction of sp³-hybridized carbons (Fsp3) is 0.0370. The topological polar surface area (TPSA) is 70.5 Å². The van der Waals surface area contributed by atoms with Gasteiger partial charge >= 0.3 is 0 Å². The zero-order valence-corrected chi connectivity index (χ0v) is 17.3. The molecule has 0 amide bonds. The Morgan fingerprint density at radius 3 is 1.55 bits per heavy atom. The average molecular weight is 409 g/mol. The third kappa shape index (κ3) is 5.06. The molecule has 4 aromatic carbocycles. The standard InChI is InChI=1S/C27H24N2O2/c1-19(21-12-16-23(17-13-21)31-27-9-5-3-7-25(27)29)18-20-10-14-22(15-11-20)30-26-8-4-2-6-24(26)28/h2-18H,28-29H2,1H3. The number of nitrogen functional groups attached to an aromatic ring is 2. The molecule has 0 atom stereocenters. The van der Waals surface area contributed by atoms with Crippen molar-refractivity contribution in [3.63, 3.8) is 0 Å². The maximum atomic E-state index is 5.94. The highest BCUT2D eigenvalue weighted by Crippen LogP contribution is 2.29. The number of hydrogen-bond acceptors (Lipinski definition) is 4. The lowest BCUT2D eigenvalue weighted by Crippen LogP contribution is -1.91. The summed E-state index contributed by atoms with van der Waals surface area (Å²) in [4.78, 5) is 0. The molecule has 0 saturated heterocycles. The number of para-hydroxylation sites is 4. The van der Waals surface area contributed by atoms with Gasteiger partial charge in [0.05, 0.1) is 11.4 Å². The largest absolute Gasteiger partial charge is 0.455 e. The van der Waals surface area contributed by atoms with Crippen LogP contribution in [0.15, 0.2) is 97.1 Å². The maximum absolute atomic E-state index is 5.94. The van der Waals surface area contributed by atoms with Crippen molar-refractivity contribution in [3.05, 3.63) is 108 Å². The van der Waals surface area contributed by atoms with E-state index in [2.05, 4.69) is 13.0 Å². The molecule has 4 rings (SSSR count). The van der Waals surface area contributed by atoms with Crippen LogP contribution in [-0.2, 0) is 0 Å². The number of benzene rings is 4. The van der Waals surface area contributed by atoms with Gasteiger partial charge in [-0.25, -0.2) is 0 Å². The minimum Gasteiger partial charge on any atom is -0.455 e. The monoisotopic (exact) mass is 408 g/mol. The van der Waals surface area contributed by atoms with Crippen LogP contribution in [0.1, 0.15) is 18.1 Å². The molecule has 0 aromatic heterocycles. The van der Waals surface area contributed by atoms with E-state index in [0.717, 1.165) is 28.2 Å². The molecular weight excluding hydrogens is 384 g/mol. The smallest absolute Gasteiger partial charge is 0.150 e. The second-order valence-corrected chi connectivity index (χ2v) is 7.20. The summed E-state index contributed by atoms with van der Waals surface area (Å²) in [6, 6.07) is 30.8.